The fourth-order valence-corrected chi connectivity index (χ4v) is 2.36. The van der Waals surface area contributed by atoms with Gasteiger partial charge in [-0.1, -0.05) is 11.6 Å². The Balaban J connectivity index is 1.95. The van der Waals surface area contributed by atoms with E-state index >= 15 is 0 Å². The van der Waals surface area contributed by atoms with Gasteiger partial charge in [-0.15, -0.1) is 0 Å². The number of carbonyl (C=O) groups excluding carboxylic acids is 1. The summed E-state index contributed by atoms with van der Waals surface area (Å²) >= 11 is 9.02. The summed E-state index contributed by atoms with van der Waals surface area (Å²) in [4.78, 5) is 11.7. The molecule has 110 valence electrons. The second-order valence-corrected chi connectivity index (χ2v) is 5.36. The second kappa shape index (κ2) is 6.87. The molecule has 21 heavy (non-hydrogen) atoms. The molecule has 2 aromatic rings. The summed E-state index contributed by atoms with van der Waals surface area (Å²) in [6, 6.07) is 7.58. The van der Waals surface area contributed by atoms with Crippen LogP contribution >= 0.6 is 27.5 Å². The number of anilines is 1. The predicted molar refractivity (Wildman–Crippen MR) is 79.6 cm³/mol. The molecule has 0 atom stereocenters. The Morgan fingerprint density at radius 2 is 1.86 bits per heavy atom. The number of halogens is 4. The number of benzene rings is 2. The SMILES string of the molecule is O=C(COc1ccc(Cl)cc1Br)Nc1cc(F)cc(F)c1. The maximum absolute atomic E-state index is 13.0. The van der Waals surface area contributed by atoms with Gasteiger partial charge in [0.2, 0.25) is 0 Å². The zero-order chi connectivity index (χ0) is 15.4. The molecule has 1 N–H and O–H groups in total. The fourth-order valence-electron chi connectivity index (χ4n) is 1.56. The molecular formula is C14H9BrClF2NO2. The highest BCUT2D eigenvalue weighted by molar-refractivity contribution is 9.10. The van der Waals surface area contributed by atoms with E-state index in [0.717, 1.165) is 18.2 Å². The zero-order valence-corrected chi connectivity index (χ0v) is 12.8. The lowest BCUT2D eigenvalue weighted by atomic mass is 10.3. The topological polar surface area (TPSA) is 38.3 Å². The van der Waals surface area contributed by atoms with Crippen LogP contribution in [0.2, 0.25) is 5.02 Å². The predicted octanol–water partition coefficient (Wildman–Crippen LogP) is 4.40. The zero-order valence-electron chi connectivity index (χ0n) is 10.5. The molecule has 0 radical (unpaired) electrons. The highest BCUT2D eigenvalue weighted by Crippen LogP contribution is 2.27. The quantitative estimate of drug-likeness (QED) is 0.859. The minimum atomic E-state index is -0.772. The first-order valence-corrected chi connectivity index (χ1v) is 6.95. The van der Waals surface area contributed by atoms with Crippen molar-refractivity contribution >= 4 is 39.1 Å². The highest BCUT2D eigenvalue weighted by Gasteiger charge is 2.08. The Bertz CT molecular complexity index is 662. The molecule has 0 saturated heterocycles. The van der Waals surface area contributed by atoms with Crippen LogP contribution in [-0.4, -0.2) is 12.5 Å². The Morgan fingerprint density at radius 3 is 2.48 bits per heavy atom. The highest BCUT2D eigenvalue weighted by atomic mass is 79.9. The summed E-state index contributed by atoms with van der Waals surface area (Å²) < 4.78 is 31.8. The van der Waals surface area contributed by atoms with E-state index in [9.17, 15) is 13.6 Å². The van der Waals surface area contributed by atoms with Gasteiger partial charge in [-0.2, -0.15) is 0 Å². The van der Waals surface area contributed by atoms with Crippen LogP contribution in [0.1, 0.15) is 0 Å². The molecule has 0 unspecified atom stereocenters. The molecule has 0 aliphatic rings. The number of amides is 1. The van der Waals surface area contributed by atoms with E-state index in [4.69, 9.17) is 16.3 Å². The van der Waals surface area contributed by atoms with Gasteiger partial charge in [-0.3, -0.25) is 4.79 Å². The monoisotopic (exact) mass is 375 g/mol. The lowest BCUT2D eigenvalue weighted by Gasteiger charge is -2.09. The van der Waals surface area contributed by atoms with E-state index in [1.54, 1.807) is 18.2 Å². The minimum Gasteiger partial charge on any atom is -0.483 e. The molecule has 0 fully saturated rings. The molecule has 0 bridgehead atoms. The van der Waals surface area contributed by atoms with Gasteiger partial charge in [0, 0.05) is 16.8 Å². The summed E-state index contributed by atoms with van der Waals surface area (Å²) in [6.07, 6.45) is 0. The minimum absolute atomic E-state index is 0.0243. The van der Waals surface area contributed by atoms with Crippen molar-refractivity contribution in [3.8, 4) is 5.75 Å². The number of rotatable bonds is 4. The third kappa shape index (κ3) is 4.68. The van der Waals surface area contributed by atoms with Gasteiger partial charge in [0.25, 0.3) is 5.91 Å². The van der Waals surface area contributed by atoms with Gasteiger partial charge in [0.05, 0.1) is 4.47 Å². The van der Waals surface area contributed by atoms with Gasteiger partial charge in [-0.25, -0.2) is 8.78 Å². The average molecular weight is 377 g/mol. The van der Waals surface area contributed by atoms with Gasteiger partial charge in [0.1, 0.15) is 17.4 Å². The van der Waals surface area contributed by atoms with E-state index in [1.165, 1.54) is 0 Å². The number of hydrogen-bond donors (Lipinski definition) is 1. The van der Waals surface area contributed by atoms with Crippen LogP contribution < -0.4 is 10.1 Å². The molecule has 1 amide bonds. The molecule has 2 aromatic carbocycles. The van der Waals surface area contributed by atoms with Crippen molar-refractivity contribution < 1.29 is 18.3 Å². The fraction of sp³-hybridized carbons (Fsp3) is 0.0714. The molecule has 3 nitrogen and oxygen atoms in total. The number of nitrogens with one attached hydrogen (secondary N) is 1. The Kier molecular flexibility index (Phi) is 5.14. The first kappa shape index (κ1) is 15.7. The third-order valence-electron chi connectivity index (χ3n) is 2.40. The van der Waals surface area contributed by atoms with Crippen molar-refractivity contribution in [3.05, 3.63) is 57.5 Å². The normalized spacial score (nSPS) is 10.3. The van der Waals surface area contributed by atoms with E-state index in [2.05, 4.69) is 21.2 Å². The van der Waals surface area contributed by atoms with Crippen molar-refractivity contribution in [2.24, 2.45) is 0 Å². The maximum Gasteiger partial charge on any atom is 0.262 e. The summed E-state index contributed by atoms with van der Waals surface area (Å²) in [5.41, 5.74) is 0.0243. The molecule has 0 heterocycles. The molecule has 0 aromatic heterocycles. The largest absolute Gasteiger partial charge is 0.483 e. The summed E-state index contributed by atoms with van der Waals surface area (Å²) in [7, 11) is 0. The third-order valence-corrected chi connectivity index (χ3v) is 3.25. The number of ether oxygens (including phenoxy) is 1. The Hall–Kier alpha value is -1.66. The second-order valence-electron chi connectivity index (χ2n) is 4.07. The Morgan fingerprint density at radius 1 is 1.19 bits per heavy atom. The molecule has 7 heteroatoms. The standard InChI is InChI=1S/C14H9BrClF2NO2/c15-12-3-8(16)1-2-13(12)21-7-14(20)19-11-5-9(17)4-10(18)6-11/h1-6H,7H2,(H,19,20). The van der Waals surface area contributed by atoms with Crippen molar-refractivity contribution in [2.75, 3.05) is 11.9 Å². The van der Waals surface area contributed by atoms with Crippen molar-refractivity contribution in [2.45, 2.75) is 0 Å². The van der Waals surface area contributed by atoms with Crippen molar-refractivity contribution in [1.29, 1.82) is 0 Å². The van der Waals surface area contributed by atoms with Crippen LogP contribution in [0, 0.1) is 11.6 Å². The molecule has 2 rings (SSSR count). The molecule has 0 aliphatic heterocycles. The lowest BCUT2D eigenvalue weighted by Crippen LogP contribution is -2.20. The Labute approximate surface area is 133 Å². The number of hydrogen-bond acceptors (Lipinski definition) is 2. The average Bonchev–Trinajstić information content (AvgIpc) is 2.36. The smallest absolute Gasteiger partial charge is 0.262 e. The summed E-state index contributed by atoms with van der Waals surface area (Å²) in [5.74, 6) is -1.65. The van der Waals surface area contributed by atoms with E-state index < -0.39 is 17.5 Å². The van der Waals surface area contributed by atoms with Crippen LogP contribution in [0.4, 0.5) is 14.5 Å². The van der Waals surface area contributed by atoms with Crippen LogP contribution in [0.3, 0.4) is 0 Å². The summed E-state index contributed by atoms with van der Waals surface area (Å²) in [6.45, 7) is -0.307. The van der Waals surface area contributed by atoms with E-state index in [0.29, 0.717) is 15.2 Å². The maximum atomic E-state index is 13.0. The van der Waals surface area contributed by atoms with E-state index in [1.807, 2.05) is 0 Å². The summed E-state index contributed by atoms with van der Waals surface area (Å²) in [5, 5.41) is 2.86. The molecule has 0 saturated carbocycles. The van der Waals surface area contributed by atoms with Gasteiger partial charge in [0.15, 0.2) is 6.61 Å². The van der Waals surface area contributed by atoms with Crippen LogP contribution in [-0.2, 0) is 4.79 Å². The first-order valence-electron chi connectivity index (χ1n) is 5.78. The lowest BCUT2D eigenvalue weighted by molar-refractivity contribution is -0.118. The van der Waals surface area contributed by atoms with Gasteiger partial charge >= 0.3 is 0 Å². The first-order chi connectivity index (χ1) is 9.94. The van der Waals surface area contributed by atoms with Crippen LogP contribution in [0.25, 0.3) is 0 Å². The van der Waals surface area contributed by atoms with Crippen LogP contribution in [0.5, 0.6) is 5.75 Å². The van der Waals surface area contributed by atoms with E-state index in [-0.39, 0.29) is 12.3 Å². The van der Waals surface area contributed by atoms with Crippen molar-refractivity contribution in [3.63, 3.8) is 0 Å². The van der Waals surface area contributed by atoms with Crippen LogP contribution in [0.15, 0.2) is 40.9 Å². The molecular weight excluding hydrogens is 368 g/mol. The van der Waals surface area contributed by atoms with Gasteiger partial charge < -0.3 is 10.1 Å². The molecule has 0 spiro atoms. The molecule has 0 aliphatic carbocycles. The van der Waals surface area contributed by atoms with Gasteiger partial charge in [-0.05, 0) is 46.3 Å². The number of carbonyl (C=O) groups is 1. The van der Waals surface area contributed by atoms with Crippen molar-refractivity contribution in [1.82, 2.24) is 0 Å².